The van der Waals surface area contributed by atoms with Crippen molar-refractivity contribution >= 4 is 72.0 Å². The van der Waals surface area contributed by atoms with Gasteiger partial charge in [-0.25, -0.2) is 13.1 Å². The second-order valence-electron chi connectivity index (χ2n) is 6.98. The Balaban J connectivity index is 1.37. The number of rotatable bonds is 6. The molecule has 0 radical (unpaired) electrons. The van der Waals surface area contributed by atoms with Crippen molar-refractivity contribution < 1.29 is 13.2 Å². The van der Waals surface area contributed by atoms with Crippen molar-refractivity contribution in [3.8, 4) is 0 Å². The molecule has 0 saturated heterocycles. The first-order valence-electron chi connectivity index (χ1n) is 9.76. The molecule has 0 aliphatic rings. The summed E-state index contributed by atoms with van der Waals surface area (Å²) in [7, 11) is -3.67. The third-order valence-electron chi connectivity index (χ3n) is 4.70. The van der Waals surface area contributed by atoms with E-state index in [0.29, 0.717) is 15.6 Å². The Morgan fingerprint density at radius 3 is 2.30 bits per heavy atom. The number of sulfonamides is 1. The zero-order chi connectivity index (χ0) is 23.4. The molecule has 6 nitrogen and oxygen atoms in total. The summed E-state index contributed by atoms with van der Waals surface area (Å²) in [5.74, 6) is -0.414. The molecule has 33 heavy (non-hydrogen) atoms. The molecule has 4 aromatic rings. The molecule has 0 unspecified atom stereocenters. The standard InChI is InChI=1S/C23H18ClN3O3S3/c24-20-18-8-4-5-9-19(18)32-21(20)22(28)27-23(31)26-16-10-12-17(13-11-16)33(29,30)25-14-15-6-2-1-3-7-15/h1-13,25H,14H2,(H2,26,27,28,31). The van der Waals surface area contributed by atoms with E-state index in [1.807, 2.05) is 54.6 Å². The highest BCUT2D eigenvalue weighted by atomic mass is 35.5. The van der Waals surface area contributed by atoms with Crippen LogP contribution < -0.4 is 15.4 Å². The highest BCUT2D eigenvalue weighted by Crippen LogP contribution is 2.35. The predicted molar refractivity (Wildman–Crippen MR) is 137 cm³/mol. The van der Waals surface area contributed by atoms with Gasteiger partial charge in [-0.05, 0) is 48.1 Å². The smallest absolute Gasteiger partial charge is 0.269 e. The van der Waals surface area contributed by atoms with Crippen LogP contribution in [0.25, 0.3) is 10.1 Å². The third kappa shape index (κ3) is 5.58. The number of carbonyl (C=O) groups excluding carboxylic acids is 1. The van der Waals surface area contributed by atoms with E-state index < -0.39 is 15.9 Å². The lowest BCUT2D eigenvalue weighted by Crippen LogP contribution is -2.33. The van der Waals surface area contributed by atoms with E-state index in [9.17, 15) is 13.2 Å². The highest BCUT2D eigenvalue weighted by Gasteiger charge is 2.18. The summed E-state index contributed by atoms with van der Waals surface area (Å²) >= 11 is 12.9. The molecule has 4 rings (SSSR count). The lowest BCUT2D eigenvalue weighted by molar-refractivity contribution is 0.0982. The molecule has 0 bridgehead atoms. The lowest BCUT2D eigenvalue weighted by Gasteiger charge is -2.11. The van der Waals surface area contributed by atoms with E-state index in [2.05, 4.69) is 15.4 Å². The van der Waals surface area contributed by atoms with Gasteiger partial charge in [0.25, 0.3) is 5.91 Å². The van der Waals surface area contributed by atoms with Gasteiger partial charge in [-0.15, -0.1) is 11.3 Å². The average Bonchev–Trinajstić information content (AvgIpc) is 3.15. The second-order valence-corrected chi connectivity index (χ2v) is 10.6. The van der Waals surface area contributed by atoms with Crippen molar-refractivity contribution in [1.29, 1.82) is 0 Å². The maximum Gasteiger partial charge on any atom is 0.269 e. The summed E-state index contributed by atoms with van der Waals surface area (Å²) < 4.78 is 28.5. The molecule has 0 spiro atoms. The van der Waals surface area contributed by atoms with E-state index in [0.717, 1.165) is 15.6 Å². The summed E-state index contributed by atoms with van der Waals surface area (Å²) in [6.45, 7) is 0.194. The van der Waals surface area contributed by atoms with Gasteiger partial charge < -0.3 is 5.32 Å². The quantitative estimate of drug-likeness (QED) is 0.309. The van der Waals surface area contributed by atoms with Crippen molar-refractivity contribution in [3.05, 3.63) is 94.3 Å². The van der Waals surface area contributed by atoms with Crippen molar-refractivity contribution in [2.75, 3.05) is 5.32 Å². The van der Waals surface area contributed by atoms with Crippen LogP contribution in [0.3, 0.4) is 0 Å². The molecule has 0 aliphatic carbocycles. The van der Waals surface area contributed by atoms with Crippen LogP contribution >= 0.6 is 35.2 Å². The fourth-order valence-corrected chi connectivity index (χ4v) is 5.70. The normalized spacial score (nSPS) is 11.3. The molecular formula is C23H18ClN3O3S3. The predicted octanol–water partition coefficient (Wildman–Crippen LogP) is 5.16. The number of fused-ring (bicyclic) bond motifs is 1. The van der Waals surface area contributed by atoms with Crippen molar-refractivity contribution in [2.45, 2.75) is 11.4 Å². The van der Waals surface area contributed by atoms with Gasteiger partial charge >= 0.3 is 0 Å². The molecular weight excluding hydrogens is 498 g/mol. The number of nitrogens with one attached hydrogen (secondary N) is 3. The minimum absolute atomic E-state index is 0.0753. The summed E-state index contributed by atoms with van der Waals surface area (Å²) in [6, 6.07) is 22.8. The Morgan fingerprint density at radius 2 is 1.61 bits per heavy atom. The summed E-state index contributed by atoms with van der Waals surface area (Å²) in [6.07, 6.45) is 0. The van der Waals surface area contributed by atoms with E-state index in [1.165, 1.54) is 23.5 Å². The zero-order valence-corrected chi connectivity index (χ0v) is 20.2. The molecule has 1 aromatic heterocycles. The Bertz CT molecular complexity index is 1420. The molecule has 1 amide bonds. The number of hydrogen-bond donors (Lipinski definition) is 3. The summed E-state index contributed by atoms with van der Waals surface area (Å²) in [4.78, 5) is 13.1. The number of carbonyl (C=O) groups is 1. The molecule has 10 heteroatoms. The van der Waals surface area contributed by atoms with Crippen LogP contribution in [-0.4, -0.2) is 19.4 Å². The van der Waals surface area contributed by atoms with E-state index in [1.54, 1.807) is 12.1 Å². The summed E-state index contributed by atoms with van der Waals surface area (Å²) in [5.41, 5.74) is 1.39. The zero-order valence-electron chi connectivity index (χ0n) is 17.0. The molecule has 0 aliphatic heterocycles. The lowest BCUT2D eigenvalue weighted by atomic mass is 10.2. The van der Waals surface area contributed by atoms with Gasteiger partial charge in [0.15, 0.2) is 5.11 Å². The van der Waals surface area contributed by atoms with Crippen LogP contribution in [0, 0.1) is 0 Å². The Kier molecular flexibility index (Phi) is 7.06. The monoisotopic (exact) mass is 515 g/mol. The van der Waals surface area contributed by atoms with E-state index >= 15 is 0 Å². The van der Waals surface area contributed by atoms with Crippen LogP contribution in [-0.2, 0) is 16.6 Å². The SMILES string of the molecule is O=C(NC(=S)Nc1ccc(S(=O)(=O)NCc2ccccc2)cc1)c1sc2ccccc2c1Cl. The van der Waals surface area contributed by atoms with E-state index in [4.69, 9.17) is 23.8 Å². The summed E-state index contributed by atoms with van der Waals surface area (Å²) in [5, 5.41) is 6.75. The Morgan fingerprint density at radius 1 is 0.939 bits per heavy atom. The maximum atomic E-state index is 12.6. The van der Waals surface area contributed by atoms with Gasteiger partial charge in [-0.1, -0.05) is 60.1 Å². The van der Waals surface area contributed by atoms with Gasteiger partial charge in [-0.2, -0.15) is 0 Å². The first-order chi connectivity index (χ1) is 15.8. The van der Waals surface area contributed by atoms with Crippen LogP contribution in [0.4, 0.5) is 5.69 Å². The van der Waals surface area contributed by atoms with Gasteiger partial charge in [-0.3, -0.25) is 10.1 Å². The Hall–Kier alpha value is -2.82. The number of hydrogen-bond acceptors (Lipinski definition) is 5. The van der Waals surface area contributed by atoms with Gasteiger partial charge in [0.1, 0.15) is 4.88 Å². The topological polar surface area (TPSA) is 87.3 Å². The molecule has 0 fully saturated rings. The van der Waals surface area contributed by atoms with Crippen LogP contribution in [0.2, 0.25) is 5.02 Å². The van der Waals surface area contributed by atoms with Gasteiger partial charge in [0.2, 0.25) is 10.0 Å². The highest BCUT2D eigenvalue weighted by molar-refractivity contribution is 7.89. The van der Waals surface area contributed by atoms with Crippen LogP contribution in [0.5, 0.6) is 0 Å². The van der Waals surface area contributed by atoms with Crippen LogP contribution in [0.15, 0.2) is 83.8 Å². The van der Waals surface area contributed by atoms with Crippen molar-refractivity contribution in [3.63, 3.8) is 0 Å². The molecule has 3 N–H and O–H groups in total. The number of anilines is 1. The minimum atomic E-state index is -3.67. The number of halogens is 1. The molecule has 0 saturated carbocycles. The molecule has 1 heterocycles. The number of benzene rings is 3. The molecule has 3 aromatic carbocycles. The fourth-order valence-electron chi connectivity index (χ4n) is 3.06. The number of thiocarbonyl (C=S) groups is 1. The third-order valence-corrected chi connectivity index (χ3v) is 8.00. The Labute approximate surface area is 205 Å². The van der Waals surface area contributed by atoms with Gasteiger partial charge in [0, 0.05) is 22.3 Å². The first-order valence-corrected chi connectivity index (χ1v) is 12.8. The van der Waals surface area contributed by atoms with Crippen molar-refractivity contribution in [2.24, 2.45) is 0 Å². The number of thiophene rings is 1. The van der Waals surface area contributed by atoms with Crippen LogP contribution in [0.1, 0.15) is 15.2 Å². The van der Waals surface area contributed by atoms with Crippen molar-refractivity contribution in [1.82, 2.24) is 10.0 Å². The second kappa shape index (κ2) is 9.98. The molecule has 168 valence electrons. The minimum Gasteiger partial charge on any atom is -0.332 e. The largest absolute Gasteiger partial charge is 0.332 e. The maximum absolute atomic E-state index is 12.6. The molecule has 0 atom stereocenters. The average molecular weight is 516 g/mol. The number of amides is 1. The first kappa shape index (κ1) is 23.3. The fraction of sp³-hybridized carbons (Fsp3) is 0.0435. The van der Waals surface area contributed by atoms with E-state index in [-0.39, 0.29) is 16.6 Å². The van der Waals surface area contributed by atoms with Gasteiger partial charge in [0.05, 0.1) is 9.92 Å².